The Bertz CT molecular complexity index is 608. The SMILES string of the molecule is Cc1cn2c(n1)CC[C@@H](NC(=O)[C@@H](C(C)C)N1CCCC1=O)C2. The summed E-state index contributed by atoms with van der Waals surface area (Å²) in [7, 11) is 0. The smallest absolute Gasteiger partial charge is 0.243 e. The zero-order valence-corrected chi connectivity index (χ0v) is 14.2. The molecular formula is C17H26N4O2. The molecule has 0 unspecified atom stereocenters. The van der Waals surface area contributed by atoms with Crippen molar-refractivity contribution in [2.45, 2.75) is 65.1 Å². The van der Waals surface area contributed by atoms with Crippen LogP contribution in [-0.4, -0.2) is 44.9 Å². The topological polar surface area (TPSA) is 67.2 Å². The second-order valence-corrected chi connectivity index (χ2v) is 7.07. The second kappa shape index (κ2) is 6.34. The Morgan fingerprint density at radius 1 is 1.39 bits per heavy atom. The van der Waals surface area contributed by atoms with Crippen LogP contribution in [0.3, 0.4) is 0 Å². The Balaban J connectivity index is 1.66. The van der Waals surface area contributed by atoms with E-state index in [4.69, 9.17) is 0 Å². The summed E-state index contributed by atoms with van der Waals surface area (Å²) in [4.78, 5) is 31.0. The number of hydrogen-bond acceptors (Lipinski definition) is 3. The van der Waals surface area contributed by atoms with Crippen LogP contribution >= 0.6 is 0 Å². The maximum Gasteiger partial charge on any atom is 0.243 e. The molecule has 0 bridgehead atoms. The van der Waals surface area contributed by atoms with Crippen molar-refractivity contribution >= 4 is 11.8 Å². The number of imidazole rings is 1. The van der Waals surface area contributed by atoms with E-state index in [0.29, 0.717) is 13.0 Å². The minimum absolute atomic E-state index is 0.0134. The third-order valence-corrected chi connectivity index (χ3v) is 4.81. The van der Waals surface area contributed by atoms with E-state index < -0.39 is 0 Å². The lowest BCUT2D eigenvalue weighted by Crippen LogP contribution is -2.53. The van der Waals surface area contributed by atoms with E-state index in [1.165, 1.54) is 0 Å². The molecule has 1 aromatic heterocycles. The lowest BCUT2D eigenvalue weighted by molar-refractivity contribution is -0.139. The van der Waals surface area contributed by atoms with E-state index in [1.807, 2.05) is 27.0 Å². The van der Waals surface area contributed by atoms with E-state index in [9.17, 15) is 9.59 Å². The Hall–Kier alpha value is -1.85. The molecule has 0 radical (unpaired) electrons. The molecule has 1 fully saturated rings. The van der Waals surface area contributed by atoms with Crippen LogP contribution in [0.1, 0.15) is 44.6 Å². The summed E-state index contributed by atoms with van der Waals surface area (Å²) >= 11 is 0. The van der Waals surface area contributed by atoms with Gasteiger partial charge in [0.15, 0.2) is 0 Å². The summed E-state index contributed by atoms with van der Waals surface area (Å²) in [5, 5.41) is 3.17. The molecule has 1 saturated heterocycles. The van der Waals surface area contributed by atoms with Gasteiger partial charge in [0.05, 0.1) is 5.69 Å². The monoisotopic (exact) mass is 318 g/mol. The van der Waals surface area contributed by atoms with Crippen molar-refractivity contribution < 1.29 is 9.59 Å². The molecule has 1 aromatic rings. The van der Waals surface area contributed by atoms with Gasteiger partial charge >= 0.3 is 0 Å². The number of carbonyl (C=O) groups is 2. The Kier molecular flexibility index (Phi) is 4.41. The number of nitrogens with zero attached hydrogens (tertiary/aromatic N) is 3. The second-order valence-electron chi connectivity index (χ2n) is 7.07. The van der Waals surface area contributed by atoms with Crippen molar-refractivity contribution in [3.8, 4) is 0 Å². The highest BCUT2D eigenvalue weighted by Gasteiger charge is 2.36. The standard InChI is InChI=1S/C17H26N4O2/c1-11(2)16(21-8-4-5-15(21)22)17(23)19-13-6-7-14-18-12(3)9-20(14)10-13/h9,11,13,16H,4-8,10H2,1-3H3,(H,19,23)/t13-,16-/m1/s1. The summed E-state index contributed by atoms with van der Waals surface area (Å²) in [6.45, 7) is 7.47. The molecule has 2 atom stereocenters. The first kappa shape index (κ1) is 16.0. The van der Waals surface area contributed by atoms with Crippen LogP contribution in [0.4, 0.5) is 0 Å². The Morgan fingerprint density at radius 3 is 2.83 bits per heavy atom. The Labute approximate surface area is 137 Å². The van der Waals surface area contributed by atoms with Crippen LogP contribution in [-0.2, 0) is 22.6 Å². The fourth-order valence-corrected chi connectivity index (χ4v) is 3.76. The van der Waals surface area contributed by atoms with E-state index in [0.717, 1.165) is 37.3 Å². The number of amides is 2. The van der Waals surface area contributed by atoms with E-state index in [2.05, 4.69) is 14.9 Å². The molecule has 6 heteroatoms. The lowest BCUT2D eigenvalue weighted by Gasteiger charge is -2.32. The molecule has 126 valence electrons. The first-order chi connectivity index (χ1) is 11.0. The van der Waals surface area contributed by atoms with E-state index in [1.54, 1.807) is 4.90 Å². The van der Waals surface area contributed by atoms with Crippen molar-refractivity contribution in [2.24, 2.45) is 5.92 Å². The van der Waals surface area contributed by atoms with Crippen LogP contribution in [0.2, 0.25) is 0 Å². The normalized spacial score (nSPS) is 22.3. The molecule has 0 aromatic carbocycles. The predicted octanol–water partition coefficient (Wildman–Crippen LogP) is 1.27. The number of rotatable bonds is 4. The highest BCUT2D eigenvalue weighted by Crippen LogP contribution is 2.21. The molecular weight excluding hydrogens is 292 g/mol. The van der Waals surface area contributed by atoms with Crippen molar-refractivity contribution in [3.63, 3.8) is 0 Å². The third-order valence-electron chi connectivity index (χ3n) is 4.81. The largest absolute Gasteiger partial charge is 0.350 e. The molecule has 2 aliphatic rings. The summed E-state index contributed by atoms with van der Waals surface area (Å²) in [5.74, 6) is 1.31. The van der Waals surface area contributed by atoms with Gasteiger partial charge in [-0.3, -0.25) is 9.59 Å². The number of hydrogen-bond donors (Lipinski definition) is 1. The van der Waals surface area contributed by atoms with Crippen molar-refractivity contribution in [2.75, 3.05) is 6.54 Å². The number of likely N-dealkylation sites (tertiary alicyclic amines) is 1. The number of fused-ring (bicyclic) bond motifs is 1. The van der Waals surface area contributed by atoms with Gasteiger partial charge in [0, 0.05) is 38.2 Å². The van der Waals surface area contributed by atoms with Gasteiger partial charge in [-0.15, -0.1) is 0 Å². The van der Waals surface area contributed by atoms with E-state index in [-0.39, 0.29) is 29.8 Å². The van der Waals surface area contributed by atoms with Gasteiger partial charge in [-0.2, -0.15) is 0 Å². The molecule has 6 nitrogen and oxygen atoms in total. The van der Waals surface area contributed by atoms with Crippen LogP contribution in [0.15, 0.2) is 6.20 Å². The fraction of sp³-hybridized carbons (Fsp3) is 0.706. The van der Waals surface area contributed by atoms with Crippen LogP contribution in [0.25, 0.3) is 0 Å². The van der Waals surface area contributed by atoms with Gasteiger partial charge in [-0.25, -0.2) is 4.98 Å². The number of aromatic nitrogens is 2. The van der Waals surface area contributed by atoms with E-state index >= 15 is 0 Å². The minimum atomic E-state index is -0.351. The maximum absolute atomic E-state index is 12.8. The van der Waals surface area contributed by atoms with Gasteiger partial charge in [0.1, 0.15) is 11.9 Å². The maximum atomic E-state index is 12.8. The molecule has 3 rings (SSSR count). The first-order valence-electron chi connectivity index (χ1n) is 8.58. The van der Waals surface area contributed by atoms with Crippen LogP contribution in [0.5, 0.6) is 0 Å². The lowest BCUT2D eigenvalue weighted by atomic mass is 10.00. The molecule has 2 amide bonds. The molecule has 23 heavy (non-hydrogen) atoms. The first-order valence-corrected chi connectivity index (χ1v) is 8.58. The predicted molar refractivity (Wildman–Crippen MR) is 86.8 cm³/mol. The van der Waals surface area contributed by atoms with Crippen LogP contribution < -0.4 is 5.32 Å². The number of carbonyl (C=O) groups excluding carboxylic acids is 2. The van der Waals surface area contributed by atoms with Gasteiger partial charge in [0.25, 0.3) is 0 Å². The summed E-state index contributed by atoms with van der Waals surface area (Å²) in [5.41, 5.74) is 1.02. The molecule has 1 N–H and O–H groups in total. The molecule has 0 aliphatic carbocycles. The average molecular weight is 318 g/mol. The summed E-state index contributed by atoms with van der Waals surface area (Å²) < 4.78 is 2.13. The highest BCUT2D eigenvalue weighted by molar-refractivity contribution is 5.89. The van der Waals surface area contributed by atoms with Gasteiger partial charge < -0.3 is 14.8 Å². The van der Waals surface area contributed by atoms with Gasteiger partial charge in [0.2, 0.25) is 11.8 Å². The summed E-state index contributed by atoms with van der Waals surface area (Å²) in [6.07, 6.45) is 5.25. The molecule has 0 spiro atoms. The average Bonchev–Trinajstić information content (AvgIpc) is 3.03. The van der Waals surface area contributed by atoms with Gasteiger partial charge in [-0.1, -0.05) is 13.8 Å². The number of nitrogens with one attached hydrogen (secondary N) is 1. The zero-order chi connectivity index (χ0) is 16.6. The minimum Gasteiger partial charge on any atom is -0.350 e. The summed E-state index contributed by atoms with van der Waals surface area (Å²) in [6, 6.07) is -0.238. The number of aryl methyl sites for hydroxylation is 2. The molecule has 3 heterocycles. The third kappa shape index (κ3) is 3.26. The zero-order valence-electron chi connectivity index (χ0n) is 14.2. The highest BCUT2D eigenvalue weighted by atomic mass is 16.2. The molecule has 2 aliphatic heterocycles. The molecule has 0 saturated carbocycles. The quantitative estimate of drug-likeness (QED) is 0.909. The van der Waals surface area contributed by atoms with Crippen LogP contribution in [0, 0.1) is 12.8 Å². The van der Waals surface area contributed by atoms with Gasteiger partial charge in [-0.05, 0) is 25.7 Å². The van der Waals surface area contributed by atoms with Crippen molar-refractivity contribution in [3.05, 3.63) is 17.7 Å². The van der Waals surface area contributed by atoms with Crippen molar-refractivity contribution in [1.82, 2.24) is 19.8 Å². The van der Waals surface area contributed by atoms with Crippen molar-refractivity contribution in [1.29, 1.82) is 0 Å². The fourth-order valence-electron chi connectivity index (χ4n) is 3.76. The Morgan fingerprint density at radius 2 is 2.17 bits per heavy atom.